The summed E-state index contributed by atoms with van der Waals surface area (Å²) < 4.78 is 0. The van der Waals surface area contributed by atoms with Gasteiger partial charge in [0.2, 0.25) is 0 Å². The number of aliphatic hydroxyl groups is 1. The van der Waals surface area contributed by atoms with Crippen LogP contribution in [0.4, 0.5) is 0 Å². The quantitative estimate of drug-likeness (QED) is 0.621. The van der Waals surface area contributed by atoms with E-state index in [1.54, 1.807) is 18.5 Å². The van der Waals surface area contributed by atoms with Crippen LogP contribution >= 0.6 is 0 Å². The summed E-state index contributed by atoms with van der Waals surface area (Å²) in [6.45, 7) is 0. The number of nitrogens with one attached hydrogen (secondary N) is 1. The van der Waals surface area contributed by atoms with Gasteiger partial charge in [-0.15, -0.1) is 0 Å². The highest BCUT2D eigenvalue weighted by Gasteiger charge is 2.51. The van der Waals surface area contributed by atoms with Crippen LogP contribution in [0, 0.1) is 0 Å². The van der Waals surface area contributed by atoms with Crippen molar-refractivity contribution in [2.24, 2.45) is 0 Å². The number of hydrogen-bond donors (Lipinski definition) is 3. The standard InChI is InChI=1S/C9H11NO3/c11-7-3-9(4-7,8(12)13)6-1-2-10-5-6/h1-2,5,7,10-11H,3-4H2,(H,12,13). The summed E-state index contributed by atoms with van der Waals surface area (Å²) in [4.78, 5) is 13.9. The third-order valence-corrected chi connectivity index (χ3v) is 2.73. The SMILES string of the molecule is O=C(O)C1(c2cc[nH]c2)CC(O)C1. The lowest BCUT2D eigenvalue weighted by Gasteiger charge is -2.41. The second kappa shape index (κ2) is 2.60. The molecule has 1 aliphatic carbocycles. The molecule has 0 unspecified atom stereocenters. The van der Waals surface area contributed by atoms with E-state index >= 15 is 0 Å². The van der Waals surface area contributed by atoms with Crippen LogP contribution < -0.4 is 0 Å². The van der Waals surface area contributed by atoms with Gasteiger partial charge >= 0.3 is 5.97 Å². The van der Waals surface area contributed by atoms with Crippen LogP contribution in [0.25, 0.3) is 0 Å². The van der Waals surface area contributed by atoms with E-state index in [0.29, 0.717) is 12.8 Å². The number of hydrogen-bond acceptors (Lipinski definition) is 2. The second-order valence-electron chi connectivity index (χ2n) is 3.55. The minimum absolute atomic E-state index is 0.320. The molecule has 1 aromatic heterocycles. The summed E-state index contributed by atoms with van der Waals surface area (Å²) in [6.07, 6.45) is 3.55. The van der Waals surface area contributed by atoms with E-state index in [4.69, 9.17) is 10.2 Å². The molecule has 0 amide bonds. The van der Waals surface area contributed by atoms with E-state index < -0.39 is 17.5 Å². The van der Waals surface area contributed by atoms with E-state index in [1.165, 1.54) is 0 Å². The molecule has 1 aliphatic rings. The Kier molecular flexibility index (Phi) is 1.66. The van der Waals surface area contributed by atoms with Crippen molar-refractivity contribution in [2.45, 2.75) is 24.4 Å². The number of aromatic amines is 1. The molecule has 0 radical (unpaired) electrons. The number of aliphatic hydroxyl groups excluding tert-OH is 1. The maximum atomic E-state index is 11.0. The predicted octanol–water partition coefficient (Wildman–Crippen LogP) is 0.492. The highest BCUT2D eigenvalue weighted by Crippen LogP contribution is 2.43. The number of aliphatic carboxylic acids is 1. The van der Waals surface area contributed by atoms with Crippen LogP contribution in [0.15, 0.2) is 18.5 Å². The van der Waals surface area contributed by atoms with Gasteiger partial charge in [0.15, 0.2) is 0 Å². The van der Waals surface area contributed by atoms with E-state index in [1.807, 2.05) is 0 Å². The molecule has 4 nitrogen and oxygen atoms in total. The highest BCUT2D eigenvalue weighted by atomic mass is 16.4. The molecule has 0 saturated heterocycles. The second-order valence-corrected chi connectivity index (χ2v) is 3.55. The Morgan fingerprint density at radius 2 is 2.31 bits per heavy atom. The molecule has 70 valence electrons. The third kappa shape index (κ3) is 1.06. The highest BCUT2D eigenvalue weighted by molar-refractivity contribution is 5.82. The van der Waals surface area contributed by atoms with E-state index in [9.17, 15) is 4.79 Å². The van der Waals surface area contributed by atoms with Gasteiger partial charge in [-0.2, -0.15) is 0 Å². The average molecular weight is 181 g/mol. The van der Waals surface area contributed by atoms with Gasteiger partial charge in [0.1, 0.15) is 0 Å². The lowest BCUT2D eigenvalue weighted by molar-refractivity contribution is -0.152. The number of carbonyl (C=O) groups is 1. The predicted molar refractivity (Wildman–Crippen MR) is 45.3 cm³/mol. The molecule has 0 aromatic carbocycles. The smallest absolute Gasteiger partial charge is 0.314 e. The molecule has 0 aliphatic heterocycles. The van der Waals surface area contributed by atoms with Gasteiger partial charge in [-0.05, 0) is 24.5 Å². The summed E-state index contributed by atoms with van der Waals surface area (Å²) in [5.41, 5.74) is -0.0929. The lowest BCUT2D eigenvalue weighted by Crippen LogP contribution is -2.50. The maximum absolute atomic E-state index is 11.0. The third-order valence-electron chi connectivity index (χ3n) is 2.73. The van der Waals surface area contributed by atoms with Crippen LogP contribution in [0.3, 0.4) is 0 Å². The average Bonchev–Trinajstić information content (AvgIpc) is 2.49. The molecule has 1 saturated carbocycles. The Balaban J connectivity index is 2.31. The fourth-order valence-electron chi connectivity index (χ4n) is 1.90. The maximum Gasteiger partial charge on any atom is 0.314 e. The van der Waals surface area contributed by atoms with Gasteiger partial charge in [0.25, 0.3) is 0 Å². The summed E-state index contributed by atoms with van der Waals surface area (Å²) in [7, 11) is 0. The van der Waals surface area contributed by atoms with Crippen molar-refractivity contribution < 1.29 is 15.0 Å². The minimum Gasteiger partial charge on any atom is -0.481 e. The van der Waals surface area contributed by atoms with E-state index in [2.05, 4.69) is 4.98 Å². The number of rotatable bonds is 2. The molecule has 1 aromatic rings. The molecule has 4 heteroatoms. The van der Waals surface area contributed by atoms with Crippen molar-refractivity contribution in [3.05, 3.63) is 24.0 Å². The van der Waals surface area contributed by atoms with Crippen molar-refractivity contribution in [3.63, 3.8) is 0 Å². The van der Waals surface area contributed by atoms with Crippen LogP contribution in [0.5, 0.6) is 0 Å². The molecular formula is C9H11NO3. The molecule has 1 heterocycles. The molecule has 0 spiro atoms. The van der Waals surface area contributed by atoms with E-state index in [0.717, 1.165) is 5.56 Å². The van der Waals surface area contributed by atoms with Gasteiger partial charge < -0.3 is 15.2 Å². The first-order chi connectivity index (χ1) is 6.15. The Morgan fingerprint density at radius 3 is 2.69 bits per heavy atom. The topological polar surface area (TPSA) is 73.3 Å². The molecule has 1 fully saturated rings. The van der Waals surface area contributed by atoms with Crippen LogP contribution in [-0.4, -0.2) is 27.3 Å². The summed E-state index contributed by atoms with van der Waals surface area (Å²) in [5.74, 6) is -0.850. The fraction of sp³-hybridized carbons (Fsp3) is 0.444. The molecule has 0 atom stereocenters. The summed E-state index contributed by atoms with van der Waals surface area (Å²) in [5, 5.41) is 18.2. The Bertz CT molecular complexity index is 312. The molecule has 2 rings (SSSR count). The zero-order chi connectivity index (χ0) is 9.47. The van der Waals surface area contributed by atoms with Crippen molar-refractivity contribution in [2.75, 3.05) is 0 Å². The molecule has 3 N–H and O–H groups in total. The van der Waals surface area contributed by atoms with Crippen molar-refractivity contribution in [1.29, 1.82) is 0 Å². The molecular weight excluding hydrogens is 170 g/mol. The Labute approximate surface area is 75.2 Å². The van der Waals surface area contributed by atoms with Gasteiger partial charge in [0.05, 0.1) is 11.5 Å². The fourth-order valence-corrected chi connectivity index (χ4v) is 1.90. The zero-order valence-corrected chi connectivity index (χ0v) is 7.03. The van der Waals surface area contributed by atoms with Gasteiger partial charge in [-0.3, -0.25) is 4.79 Å². The number of H-pyrrole nitrogens is 1. The monoisotopic (exact) mass is 181 g/mol. The Hall–Kier alpha value is -1.29. The van der Waals surface area contributed by atoms with Crippen molar-refractivity contribution in [3.8, 4) is 0 Å². The van der Waals surface area contributed by atoms with E-state index in [-0.39, 0.29) is 0 Å². The molecule has 0 bridgehead atoms. The number of aromatic nitrogens is 1. The number of carboxylic acids is 1. The largest absolute Gasteiger partial charge is 0.481 e. The Morgan fingerprint density at radius 1 is 1.62 bits per heavy atom. The van der Waals surface area contributed by atoms with Crippen molar-refractivity contribution in [1.82, 2.24) is 4.98 Å². The first kappa shape index (κ1) is 8.31. The zero-order valence-electron chi connectivity index (χ0n) is 7.03. The lowest BCUT2D eigenvalue weighted by atomic mass is 9.63. The molecule has 13 heavy (non-hydrogen) atoms. The van der Waals surface area contributed by atoms with Gasteiger partial charge in [-0.25, -0.2) is 0 Å². The normalized spacial score (nSPS) is 32.5. The first-order valence-corrected chi connectivity index (χ1v) is 4.20. The minimum atomic E-state index is -0.850. The summed E-state index contributed by atoms with van der Waals surface area (Å²) >= 11 is 0. The van der Waals surface area contributed by atoms with Gasteiger partial charge in [0, 0.05) is 12.4 Å². The van der Waals surface area contributed by atoms with Crippen LogP contribution in [-0.2, 0) is 10.2 Å². The summed E-state index contributed by atoms with van der Waals surface area (Å²) in [6, 6.07) is 1.75. The number of carboxylic acid groups (broad SMARTS) is 1. The van der Waals surface area contributed by atoms with Crippen LogP contribution in [0.1, 0.15) is 18.4 Å². The van der Waals surface area contributed by atoms with Gasteiger partial charge in [-0.1, -0.05) is 0 Å². The van der Waals surface area contributed by atoms with Crippen LogP contribution in [0.2, 0.25) is 0 Å². The first-order valence-electron chi connectivity index (χ1n) is 4.20. The van der Waals surface area contributed by atoms with Crippen molar-refractivity contribution >= 4 is 5.97 Å².